The average Bonchev–Trinajstić information content (AvgIpc) is 3.22. The minimum atomic E-state index is -0.158. The summed E-state index contributed by atoms with van der Waals surface area (Å²) < 4.78 is 7.01. The third-order valence-corrected chi connectivity index (χ3v) is 5.53. The number of hydrogen-bond donors (Lipinski definition) is 0. The molecule has 2 aromatic heterocycles. The summed E-state index contributed by atoms with van der Waals surface area (Å²) in [4.78, 5) is 17.8. The Balaban J connectivity index is 1.78. The Labute approximate surface area is 170 Å². The van der Waals surface area contributed by atoms with Crippen LogP contribution in [0.5, 0.6) is 0 Å². The third kappa shape index (κ3) is 3.68. The van der Waals surface area contributed by atoms with Crippen molar-refractivity contribution in [1.29, 1.82) is 5.26 Å². The first-order valence-electron chi connectivity index (χ1n) is 8.49. The van der Waals surface area contributed by atoms with Crippen molar-refractivity contribution in [3.05, 3.63) is 93.1 Å². The van der Waals surface area contributed by atoms with Gasteiger partial charge >= 0.3 is 0 Å². The summed E-state index contributed by atoms with van der Waals surface area (Å²) in [5.41, 5.74) is 1.89. The Kier molecular flexibility index (Phi) is 5.20. The van der Waals surface area contributed by atoms with Crippen molar-refractivity contribution in [2.75, 3.05) is 0 Å². The summed E-state index contributed by atoms with van der Waals surface area (Å²) in [7, 11) is 0. The van der Waals surface area contributed by atoms with Gasteiger partial charge in [-0.3, -0.25) is 9.36 Å². The minimum Gasteiger partial charge on any atom is -0.467 e. The third-order valence-electron chi connectivity index (χ3n) is 4.27. The number of furan rings is 1. The minimum absolute atomic E-state index is 0.158. The Morgan fingerprint density at radius 1 is 1.18 bits per heavy atom. The van der Waals surface area contributed by atoms with Gasteiger partial charge in [0.05, 0.1) is 35.3 Å². The van der Waals surface area contributed by atoms with E-state index < -0.39 is 0 Å². The van der Waals surface area contributed by atoms with E-state index in [0.29, 0.717) is 38.2 Å². The molecule has 0 amide bonds. The number of hydrogen-bond acceptors (Lipinski definition) is 5. The van der Waals surface area contributed by atoms with E-state index >= 15 is 0 Å². The van der Waals surface area contributed by atoms with E-state index in [-0.39, 0.29) is 12.1 Å². The molecule has 0 aliphatic rings. The fraction of sp³-hybridized carbons (Fsp3) is 0.0952. The van der Waals surface area contributed by atoms with Gasteiger partial charge < -0.3 is 4.42 Å². The monoisotopic (exact) mass is 407 g/mol. The number of fused-ring (bicyclic) bond motifs is 1. The van der Waals surface area contributed by atoms with Crippen molar-refractivity contribution < 1.29 is 4.42 Å². The lowest BCUT2D eigenvalue weighted by atomic mass is 10.1. The van der Waals surface area contributed by atoms with Crippen LogP contribution >= 0.6 is 23.4 Å². The molecule has 4 aromatic rings. The molecule has 0 aliphatic carbocycles. The number of benzene rings is 2. The summed E-state index contributed by atoms with van der Waals surface area (Å²) in [6.45, 7) is 0.277. The quantitative estimate of drug-likeness (QED) is 0.349. The first kappa shape index (κ1) is 18.4. The fourth-order valence-corrected chi connectivity index (χ4v) is 4.05. The normalized spacial score (nSPS) is 10.9. The largest absolute Gasteiger partial charge is 0.467 e. The standard InChI is InChI=1S/C21H14ClN3O2S/c22-16-7-8-18-19(10-16)24-21(25(20(18)26)12-17-6-3-9-27-17)28-13-15-5-2-1-4-14(15)11-23/h1-10H,12-13H2. The molecule has 5 nitrogen and oxygen atoms in total. The maximum atomic E-state index is 13.1. The SMILES string of the molecule is N#Cc1ccccc1CSc1nc2cc(Cl)ccc2c(=O)n1Cc1ccco1. The Hall–Kier alpha value is -3.01. The van der Waals surface area contributed by atoms with Gasteiger partial charge in [0.1, 0.15) is 5.76 Å². The highest BCUT2D eigenvalue weighted by molar-refractivity contribution is 7.98. The molecule has 0 unspecified atom stereocenters. The van der Waals surface area contributed by atoms with Gasteiger partial charge in [-0.05, 0) is 42.0 Å². The van der Waals surface area contributed by atoms with E-state index in [0.717, 1.165) is 5.56 Å². The van der Waals surface area contributed by atoms with Crippen molar-refractivity contribution >= 4 is 34.3 Å². The molecular formula is C21H14ClN3O2S. The zero-order chi connectivity index (χ0) is 19.5. The highest BCUT2D eigenvalue weighted by Crippen LogP contribution is 2.25. The first-order chi connectivity index (χ1) is 13.7. The molecule has 0 saturated carbocycles. The van der Waals surface area contributed by atoms with Crippen molar-refractivity contribution in [1.82, 2.24) is 9.55 Å². The van der Waals surface area contributed by atoms with Crippen LogP contribution in [0.1, 0.15) is 16.9 Å². The van der Waals surface area contributed by atoms with Crippen LogP contribution in [0, 0.1) is 11.3 Å². The first-order valence-corrected chi connectivity index (χ1v) is 9.85. The maximum absolute atomic E-state index is 13.1. The number of rotatable bonds is 5. The molecule has 2 heterocycles. The Morgan fingerprint density at radius 3 is 2.82 bits per heavy atom. The molecular weight excluding hydrogens is 394 g/mol. The molecule has 2 aromatic carbocycles. The van der Waals surface area contributed by atoms with Crippen LogP contribution in [0.3, 0.4) is 0 Å². The van der Waals surface area contributed by atoms with E-state index in [1.54, 1.807) is 41.2 Å². The average molecular weight is 408 g/mol. The summed E-state index contributed by atoms with van der Waals surface area (Å²) in [6.07, 6.45) is 1.57. The van der Waals surface area contributed by atoms with Gasteiger partial charge in [0.25, 0.3) is 5.56 Å². The molecule has 0 bridgehead atoms. The molecule has 0 aliphatic heterocycles. The molecule has 4 rings (SSSR count). The van der Waals surface area contributed by atoms with Gasteiger partial charge in [-0.1, -0.05) is 41.6 Å². The van der Waals surface area contributed by atoms with Crippen LogP contribution < -0.4 is 5.56 Å². The van der Waals surface area contributed by atoms with Crippen LogP contribution in [0.25, 0.3) is 10.9 Å². The van der Waals surface area contributed by atoms with Gasteiger partial charge in [0.15, 0.2) is 5.16 Å². The van der Waals surface area contributed by atoms with Gasteiger partial charge in [0, 0.05) is 10.8 Å². The van der Waals surface area contributed by atoms with Crippen LogP contribution in [0.4, 0.5) is 0 Å². The van der Waals surface area contributed by atoms with Crippen molar-refractivity contribution in [3.63, 3.8) is 0 Å². The van der Waals surface area contributed by atoms with Crippen LogP contribution in [-0.2, 0) is 12.3 Å². The van der Waals surface area contributed by atoms with E-state index in [1.807, 2.05) is 24.3 Å². The highest BCUT2D eigenvalue weighted by Gasteiger charge is 2.14. The second-order valence-corrected chi connectivity index (χ2v) is 7.46. The van der Waals surface area contributed by atoms with Crippen LogP contribution in [0.15, 0.2) is 75.2 Å². The van der Waals surface area contributed by atoms with E-state index in [9.17, 15) is 10.1 Å². The summed E-state index contributed by atoms with van der Waals surface area (Å²) >= 11 is 7.49. The second-order valence-electron chi connectivity index (χ2n) is 6.08. The van der Waals surface area contributed by atoms with E-state index in [1.165, 1.54) is 11.8 Å². The molecule has 7 heteroatoms. The van der Waals surface area contributed by atoms with Crippen molar-refractivity contribution in [3.8, 4) is 6.07 Å². The molecule has 0 spiro atoms. The number of halogens is 1. The molecule has 0 atom stereocenters. The highest BCUT2D eigenvalue weighted by atomic mass is 35.5. The topological polar surface area (TPSA) is 71.8 Å². The second kappa shape index (κ2) is 7.93. The lowest BCUT2D eigenvalue weighted by Crippen LogP contribution is -2.23. The van der Waals surface area contributed by atoms with Gasteiger partial charge in [0.2, 0.25) is 0 Å². The fourth-order valence-electron chi connectivity index (χ4n) is 2.88. The lowest BCUT2D eigenvalue weighted by molar-refractivity contribution is 0.476. The number of nitriles is 1. The number of aromatic nitrogens is 2. The van der Waals surface area contributed by atoms with Crippen LogP contribution in [0.2, 0.25) is 5.02 Å². The van der Waals surface area contributed by atoms with Crippen LogP contribution in [-0.4, -0.2) is 9.55 Å². The Bertz CT molecular complexity index is 1240. The summed E-state index contributed by atoms with van der Waals surface area (Å²) in [6, 6.07) is 18.2. The van der Waals surface area contributed by atoms with Crippen molar-refractivity contribution in [2.24, 2.45) is 0 Å². The van der Waals surface area contributed by atoms with E-state index in [2.05, 4.69) is 11.1 Å². The molecule has 0 fully saturated rings. The van der Waals surface area contributed by atoms with Gasteiger partial charge in [-0.25, -0.2) is 4.98 Å². The zero-order valence-electron chi connectivity index (χ0n) is 14.6. The molecule has 0 radical (unpaired) electrons. The smallest absolute Gasteiger partial charge is 0.262 e. The summed E-state index contributed by atoms with van der Waals surface area (Å²) in [5, 5.41) is 10.9. The maximum Gasteiger partial charge on any atom is 0.262 e. The molecule has 0 N–H and O–H groups in total. The molecule has 0 saturated heterocycles. The van der Waals surface area contributed by atoms with Gasteiger partial charge in [-0.15, -0.1) is 0 Å². The van der Waals surface area contributed by atoms with E-state index in [4.69, 9.17) is 16.0 Å². The predicted molar refractivity (Wildman–Crippen MR) is 110 cm³/mol. The lowest BCUT2D eigenvalue weighted by Gasteiger charge is -2.12. The zero-order valence-corrected chi connectivity index (χ0v) is 16.2. The Morgan fingerprint density at radius 2 is 2.04 bits per heavy atom. The molecule has 28 heavy (non-hydrogen) atoms. The number of nitrogens with zero attached hydrogens (tertiary/aromatic N) is 3. The predicted octanol–water partition coefficient (Wildman–Crippen LogP) is 4.86. The summed E-state index contributed by atoms with van der Waals surface area (Å²) in [5.74, 6) is 1.18. The van der Waals surface area contributed by atoms with Gasteiger partial charge in [-0.2, -0.15) is 5.26 Å². The molecule has 138 valence electrons. The number of thioether (sulfide) groups is 1. The van der Waals surface area contributed by atoms with Crippen molar-refractivity contribution in [2.45, 2.75) is 17.5 Å².